The van der Waals surface area contributed by atoms with Crippen LogP contribution in [0.3, 0.4) is 0 Å². The molecule has 1 aliphatic heterocycles. The third-order valence-corrected chi connectivity index (χ3v) is 3.21. The fraction of sp³-hybridized carbons (Fsp3) is 0.636. The molecule has 106 valence electrons. The number of nitrogens with one attached hydrogen (secondary N) is 1. The van der Waals surface area contributed by atoms with E-state index in [1.54, 1.807) is 0 Å². The quantitative estimate of drug-likeness (QED) is 0.852. The van der Waals surface area contributed by atoms with Crippen LogP contribution in [-0.2, 0) is 6.18 Å². The van der Waals surface area contributed by atoms with E-state index in [4.69, 9.17) is 11.6 Å². The normalized spacial score (nSPS) is 18.6. The molecule has 0 amide bonds. The highest BCUT2D eigenvalue weighted by Gasteiger charge is 2.35. The molecule has 0 radical (unpaired) electrons. The van der Waals surface area contributed by atoms with Crippen LogP contribution in [0.2, 0.25) is 5.15 Å². The lowest BCUT2D eigenvalue weighted by atomic mass is 10.1. The van der Waals surface area contributed by atoms with E-state index in [1.807, 2.05) is 7.05 Å². The fourth-order valence-electron chi connectivity index (χ4n) is 1.98. The van der Waals surface area contributed by atoms with Crippen molar-refractivity contribution in [2.24, 2.45) is 0 Å². The fourth-order valence-corrected chi connectivity index (χ4v) is 2.16. The lowest BCUT2D eigenvalue weighted by molar-refractivity contribution is -0.144. The standard InChI is InChI=1S/C11H14ClF3N4/c1-19-4-2-7(3-5-19)16-9-6-8(12)17-10(18-9)11(13,14)15/h6-7H,2-5H2,1H3,(H,16,17,18). The van der Waals surface area contributed by atoms with E-state index in [2.05, 4.69) is 20.2 Å². The second kappa shape index (κ2) is 5.50. The molecule has 0 aromatic carbocycles. The zero-order valence-electron chi connectivity index (χ0n) is 10.3. The minimum Gasteiger partial charge on any atom is -0.367 e. The molecule has 1 N–H and O–H groups in total. The zero-order chi connectivity index (χ0) is 14.0. The first-order valence-corrected chi connectivity index (χ1v) is 6.29. The monoisotopic (exact) mass is 294 g/mol. The van der Waals surface area contributed by atoms with Crippen LogP contribution in [0.1, 0.15) is 18.7 Å². The summed E-state index contributed by atoms with van der Waals surface area (Å²) in [5.41, 5.74) is 0. The van der Waals surface area contributed by atoms with E-state index in [-0.39, 0.29) is 17.0 Å². The number of alkyl halides is 3. The smallest absolute Gasteiger partial charge is 0.367 e. The summed E-state index contributed by atoms with van der Waals surface area (Å²) in [7, 11) is 2.01. The summed E-state index contributed by atoms with van der Waals surface area (Å²) in [5, 5.41) is 2.78. The molecular formula is C11H14ClF3N4. The van der Waals surface area contributed by atoms with E-state index in [1.165, 1.54) is 6.07 Å². The van der Waals surface area contributed by atoms with Gasteiger partial charge in [-0.1, -0.05) is 11.6 Å². The molecule has 0 saturated carbocycles. The third kappa shape index (κ3) is 3.94. The van der Waals surface area contributed by atoms with Crippen LogP contribution in [-0.4, -0.2) is 41.0 Å². The van der Waals surface area contributed by atoms with Crippen molar-refractivity contribution in [2.45, 2.75) is 25.1 Å². The second-order valence-electron chi connectivity index (χ2n) is 4.62. The van der Waals surface area contributed by atoms with Crippen molar-refractivity contribution in [3.8, 4) is 0 Å². The van der Waals surface area contributed by atoms with Crippen LogP contribution < -0.4 is 5.32 Å². The maximum atomic E-state index is 12.6. The maximum absolute atomic E-state index is 12.6. The number of likely N-dealkylation sites (tertiary alicyclic amines) is 1. The molecular weight excluding hydrogens is 281 g/mol. The highest BCUT2D eigenvalue weighted by atomic mass is 35.5. The van der Waals surface area contributed by atoms with Gasteiger partial charge in [0.15, 0.2) is 0 Å². The molecule has 1 aromatic rings. The van der Waals surface area contributed by atoms with Crippen molar-refractivity contribution < 1.29 is 13.2 Å². The van der Waals surface area contributed by atoms with Crippen LogP contribution in [0.25, 0.3) is 0 Å². The van der Waals surface area contributed by atoms with E-state index in [9.17, 15) is 13.2 Å². The Morgan fingerprint density at radius 1 is 1.32 bits per heavy atom. The number of anilines is 1. The minimum atomic E-state index is -4.59. The first-order valence-electron chi connectivity index (χ1n) is 5.91. The Morgan fingerprint density at radius 2 is 1.95 bits per heavy atom. The number of rotatable bonds is 2. The average Bonchev–Trinajstić information content (AvgIpc) is 2.30. The Morgan fingerprint density at radius 3 is 2.53 bits per heavy atom. The van der Waals surface area contributed by atoms with Crippen molar-refractivity contribution >= 4 is 17.4 Å². The molecule has 0 aliphatic carbocycles. The van der Waals surface area contributed by atoms with Gasteiger partial charge in [-0.05, 0) is 33.0 Å². The highest BCUT2D eigenvalue weighted by molar-refractivity contribution is 6.29. The number of hydrogen-bond acceptors (Lipinski definition) is 4. The number of piperidine rings is 1. The Balaban J connectivity index is 2.10. The topological polar surface area (TPSA) is 41.0 Å². The average molecular weight is 295 g/mol. The summed E-state index contributed by atoms with van der Waals surface area (Å²) in [4.78, 5) is 8.84. The van der Waals surface area contributed by atoms with E-state index in [0.717, 1.165) is 25.9 Å². The van der Waals surface area contributed by atoms with Gasteiger partial charge in [0.1, 0.15) is 11.0 Å². The predicted molar refractivity (Wildman–Crippen MR) is 66.2 cm³/mol. The number of hydrogen-bond donors (Lipinski definition) is 1. The number of aromatic nitrogens is 2. The number of halogens is 4. The van der Waals surface area contributed by atoms with Gasteiger partial charge in [-0.3, -0.25) is 0 Å². The Hall–Kier alpha value is -1.08. The first-order chi connectivity index (χ1) is 8.84. The molecule has 0 unspecified atom stereocenters. The second-order valence-corrected chi connectivity index (χ2v) is 5.01. The molecule has 0 bridgehead atoms. The Bertz CT molecular complexity index is 444. The van der Waals surface area contributed by atoms with Gasteiger partial charge < -0.3 is 10.2 Å². The van der Waals surface area contributed by atoms with Gasteiger partial charge in [0.2, 0.25) is 5.82 Å². The van der Waals surface area contributed by atoms with E-state index >= 15 is 0 Å². The molecule has 1 aromatic heterocycles. The molecule has 19 heavy (non-hydrogen) atoms. The Labute approximate surface area is 114 Å². The summed E-state index contributed by atoms with van der Waals surface area (Å²) in [6.07, 6.45) is -2.87. The minimum absolute atomic E-state index is 0.114. The van der Waals surface area contributed by atoms with Crippen molar-refractivity contribution in [2.75, 3.05) is 25.5 Å². The largest absolute Gasteiger partial charge is 0.451 e. The lowest BCUT2D eigenvalue weighted by Gasteiger charge is -2.29. The van der Waals surface area contributed by atoms with Crippen molar-refractivity contribution in [1.82, 2.24) is 14.9 Å². The van der Waals surface area contributed by atoms with Crippen molar-refractivity contribution in [3.63, 3.8) is 0 Å². The molecule has 0 spiro atoms. The van der Waals surface area contributed by atoms with Crippen LogP contribution >= 0.6 is 11.6 Å². The summed E-state index contributed by atoms with van der Waals surface area (Å²) in [5.74, 6) is -1.09. The van der Waals surface area contributed by atoms with Gasteiger partial charge in [0, 0.05) is 12.1 Å². The zero-order valence-corrected chi connectivity index (χ0v) is 11.1. The van der Waals surface area contributed by atoms with Crippen molar-refractivity contribution in [1.29, 1.82) is 0 Å². The Kier molecular flexibility index (Phi) is 4.15. The van der Waals surface area contributed by atoms with Crippen LogP contribution in [0, 0.1) is 0 Å². The predicted octanol–water partition coefficient (Wildman–Crippen LogP) is 2.65. The molecule has 1 aliphatic rings. The van der Waals surface area contributed by atoms with Gasteiger partial charge in [0.25, 0.3) is 0 Å². The maximum Gasteiger partial charge on any atom is 0.451 e. The summed E-state index contributed by atoms with van der Waals surface area (Å²) in [6, 6.07) is 1.43. The van der Waals surface area contributed by atoms with E-state index < -0.39 is 12.0 Å². The van der Waals surface area contributed by atoms with Crippen molar-refractivity contribution in [3.05, 3.63) is 17.0 Å². The highest BCUT2D eigenvalue weighted by Crippen LogP contribution is 2.28. The summed E-state index contributed by atoms with van der Waals surface area (Å²) < 4.78 is 37.7. The first kappa shape index (κ1) is 14.3. The molecule has 0 atom stereocenters. The molecule has 1 saturated heterocycles. The van der Waals surface area contributed by atoms with Crippen LogP contribution in [0.15, 0.2) is 6.07 Å². The van der Waals surface area contributed by atoms with Gasteiger partial charge in [-0.2, -0.15) is 13.2 Å². The summed E-state index contributed by atoms with van der Waals surface area (Å²) in [6.45, 7) is 1.81. The molecule has 2 rings (SSSR count). The van der Waals surface area contributed by atoms with Gasteiger partial charge in [-0.15, -0.1) is 0 Å². The number of nitrogens with zero attached hydrogens (tertiary/aromatic N) is 3. The SMILES string of the molecule is CN1CCC(Nc2cc(Cl)nc(C(F)(F)F)n2)CC1. The van der Waals surface area contributed by atoms with E-state index in [0.29, 0.717) is 0 Å². The van der Waals surface area contributed by atoms with Gasteiger partial charge in [0.05, 0.1) is 0 Å². The van der Waals surface area contributed by atoms with Crippen LogP contribution in [0.4, 0.5) is 19.0 Å². The summed E-state index contributed by atoms with van der Waals surface area (Å²) >= 11 is 5.60. The third-order valence-electron chi connectivity index (χ3n) is 3.02. The molecule has 4 nitrogen and oxygen atoms in total. The van der Waals surface area contributed by atoms with Crippen LogP contribution in [0.5, 0.6) is 0 Å². The molecule has 8 heteroatoms. The molecule has 2 heterocycles. The van der Waals surface area contributed by atoms with Gasteiger partial charge >= 0.3 is 6.18 Å². The van der Waals surface area contributed by atoms with Gasteiger partial charge in [-0.25, -0.2) is 9.97 Å². The lowest BCUT2D eigenvalue weighted by Crippen LogP contribution is -2.37. The molecule has 1 fully saturated rings.